The molecule has 2 N–H and O–H groups in total. The van der Waals surface area contributed by atoms with E-state index in [-0.39, 0.29) is 5.82 Å². The van der Waals surface area contributed by atoms with E-state index in [4.69, 9.17) is 11.0 Å². The third kappa shape index (κ3) is 2.65. The molecule has 2 heterocycles. The van der Waals surface area contributed by atoms with Crippen LogP contribution < -0.4 is 15.5 Å². The van der Waals surface area contributed by atoms with E-state index in [0.717, 1.165) is 31.2 Å². The van der Waals surface area contributed by atoms with Gasteiger partial charge in [0.15, 0.2) is 0 Å². The zero-order valence-electron chi connectivity index (χ0n) is 11.4. The molecule has 6 heteroatoms. The van der Waals surface area contributed by atoms with Crippen LogP contribution in [0, 0.1) is 17.1 Å². The van der Waals surface area contributed by atoms with Crippen LogP contribution in [0.1, 0.15) is 4.88 Å². The van der Waals surface area contributed by atoms with Gasteiger partial charge in [0.2, 0.25) is 0 Å². The summed E-state index contributed by atoms with van der Waals surface area (Å²) in [5.74, 6) is -0.182. The molecular weight excluding hydrogens is 287 g/mol. The van der Waals surface area contributed by atoms with E-state index in [1.54, 1.807) is 6.07 Å². The number of thiophene rings is 1. The Bertz CT molecular complexity index is 683. The Morgan fingerprint density at radius 1 is 1.14 bits per heavy atom. The Kier molecular flexibility index (Phi) is 3.67. The van der Waals surface area contributed by atoms with Crippen LogP contribution in [0.3, 0.4) is 0 Å². The summed E-state index contributed by atoms with van der Waals surface area (Å²) >= 11 is 1.41. The maximum absolute atomic E-state index is 13.8. The standard InChI is InChI=1S/C15H15FN4S/c16-11-3-1-2-4-13(11)19-5-7-20(8-6-19)15-9-12(18)14(10-17)21-15/h1-4,9H,5-8,18H2. The van der Waals surface area contributed by atoms with Crippen molar-refractivity contribution in [2.45, 2.75) is 0 Å². The Balaban J connectivity index is 1.70. The smallest absolute Gasteiger partial charge is 0.146 e. The summed E-state index contributed by atoms with van der Waals surface area (Å²) < 4.78 is 13.8. The van der Waals surface area contributed by atoms with Crippen molar-refractivity contribution in [2.24, 2.45) is 0 Å². The number of para-hydroxylation sites is 1. The van der Waals surface area contributed by atoms with E-state index >= 15 is 0 Å². The first kappa shape index (κ1) is 13.7. The molecule has 4 nitrogen and oxygen atoms in total. The van der Waals surface area contributed by atoms with Crippen molar-refractivity contribution in [1.82, 2.24) is 0 Å². The van der Waals surface area contributed by atoms with Gasteiger partial charge < -0.3 is 15.5 Å². The van der Waals surface area contributed by atoms with Crippen molar-refractivity contribution in [3.63, 3.8) is 0 Å². The molecule has 2 aromatic rings. The van der Waals surface area contributed by atoms with Crippen LogP contribution in [0.2, 0.25) is 0 Å². The van der Waals surface area contributed by atoms with Gasteiger partial charge in [-0.2, -0.15) is 5.26 Å². The number of anilines is 3. The van der Waals surface area contributed by atoms with Gasteiger partial charge in [0.25, 0.3) is 0 Å². The molecule has 0 amide bonds. The third-order valence-corrected chi connectivity index (χ3v) is 4.75. The molecule has 0 aliphatic carbocycles. The van der Waals surface area contributed by atoms with E-state index in [1.807, 2.05) is 23.1 Å². The predicted molar refractivity (Wildman–Crippen MR) is 84.3 cm³/mol. The Labute approximate surface area is 126 Å². The zero-order valence-corrected chi connectivity index (χ0v) is 12.2. The van der Waals surface area contributed by atoms with Crippen LogP contribution in [-0.4, -0.2) is 26.2 Å². The highest BCUT2D eigenvalue weighted by atomic mass is 32.1. The molecule has 0 bridgehead atoms. The van der Waals surface area contributed by atoms with E-state index in [1.165, 1.54) is 17.4 Å². The number of benzene rings is 1. The van der Waals surface area contributed by atoms with Crippen molar-refractivity contribution in [2.75, 3.05) is 41.7 Å². The molecule has 1 fully saturated rings. The highest BCUT2D eigenvalue weighted by molar-refractivity contribution is 7.17. The summed E-state index contributed by atoms with van der Waals surface area (Å²) in [6, 6.07) is 10.8. The molecule has 0 spiro atoms. The first-order chi connectivity index (χ1) is 10.2. The van der Waals surface area contributed by atoms with Gasteiger partial charge in [-0.15, -0.1) is 11.3 Å². The number of nitrogen functional groups attached to an aromatic ring is 1. The summed E-state index contributed by atoms with van der Waals surface area (Å²) in [6.45, 7) is 3.08. The van der Waals surface area contributed by atoms with Crippen LogP contribution in [0.15, 0.2) is 30.3 Å². The van der Waals surface area contributed by atoms with Gasteiger partial charge in [-0.05, 0) is 18.2 Å². The minimum absolute atomic E-state index is 0.182. The lowest BCUT2D eigenvalue weighted by Gasteiger charge is -2.36. The van der Waals surface area contributed by atoms with Gasteiger partial charge >= 0.3 is 0 Å². The maximum Gasteiger partial charge on any atom is 0.146 e. The number of piperazine rings is 1. The number of nitrogens with two attached hydrogens (primary N) is 1. The van der Waals surface area contributed by atoms with E-state index in [0.29, 0.717) is 16.3 Å². The average Bonchev–Trinajstić information content (AvgIpc) is 2.89. The fourth-order valence-electron chi connectivity index (χ4n) is 2.51. The summed E-state index contributed by atoms with van der Waals surface area (Å²) in [4.78, 5) is 4.80. The van der Waals surface area contributed by atoms with Crippen LogP contribution in [-0.2, 0) is 0 Å². The highest BCUT2D eigenvalue weighted by Crippen LogP contribution is 2.32. The summed E-state index contributed by atoms with van der Waals surface area (Å²) in [7, 11) is 0. The molecule has 0 unspecified atom stereocenters. The van der Waals surface area contributed by atoms with Crippen molar-refractivity contribution in [3.05, 3.63) is 41.0 Å². The molecule has 21 heavy (non-hydrogen) atoms. The van der Waals surface area contributed by atoms with Gasteiger partial charge in [0.05, 0.1) is 16.4 Å². The van der Waals surface area contributed by atoms with E-state index in [9.17, 15) is 4.39 Å². The lowest BCUT2D eigenvalue weighted by atomic mass is 10.2. The molecule has 0 radical (unpaired) electrons. The Morgan fingerprint density at radius 2 is 1.81 bits per heavy atom. The van der Waals surface area contributed by atoms with Crippen molar-refractivity contribution < 1.29 is 4.39 Å². The third-order valence-electron chi connectivity index (χ3n) is 3.63. The van der Waals surface area contributed by atoms with Gasteiger partial charge in [-0.25, -0.2) is 4.39 Å². The van der Waals surface area contributed by atoms with Crippen molar-refractivity contribution in [3.8, 4) is 6.07 Å². The molecule has 108 valence electrons. The summed E-state index contributed by atoms with van der Waals surface area (Å²) in [5, 5.41) is 9.97. The molecule has 1 aromatic carbocycles. The average molecular weight is 302 g/mol. The monoisotopic (exact) mass is 302 g/mol. The van der Waals surface area contributed by atoms with Crippen LogP contribution in [0.4, 0.5) is 20.8 Å². The Hall–Kier alpha value is -2.26. The van der Waals surface area contributed by atoms with Crippen molar-refractivity contribution >= 4 is 27.7 Å². The first-order valence-electron chi connectivity index (χ1n) is 6.73. The van der Waals surface area contributed by atoms with E-state index in [2.05, 4.69) is 11.0 Å². The largest absolute Gasteiger partial charge is 0.397 e. The maximum atomic E-state index is 13.8. The minimum atomic E-state index is -0.182. The molecular formula is C15H15FN4S. The number of hydrogen-bond donors (Lipinski definition) is 1. The van der Waals surface area contributed by atoms with Gasteiger partial charge in [0, 0.05) is 26.2 Å². The molecule has 1 saturated heterocycles. The molecule has 1 aliphatic rings. The second-order valence-corrected chi connectivity index (χ2v) is 5.94. The van der Waals surface area contributed by atoms with Crippen LogP contribution in [0.25, 0.3) is 0 Å². The molecule has 0 saturated carbocycles. The predicted octanol–water partition coefficient (Wildman–Crippen LogP) is 2.67. The molecule has 3 rings (SSSR count). The van der Waals surface area contributed by atoms with Gasteiger partial charge in [0.1, 0.15) is 16.8 Å². The first-order valence-corrected chi connectivity index (χ1v) is 7.54. The quantitative estimate of drug-likeness (QED) is 0.926. The molecule has 1 aromatic heterocycles. The fraction of sp³-hybridized carbons (Fsp3) is 0.267. The lowest BCUT2D eigenvalue weighted by molar-refractivity contribution is 0.599. The number of halogens is 1. The molecule has 0 atom stereocenters. The molecule has 1 aliphatic heterocycles. The normalized spacial score (nSPS) is 15.0. The highest BCUT2D eigenvalue weighted by Gasteiger charge is 2.21. The number of nitrogens with zero attached hydrogens (tertiary/aromatic N) is 3. The minimum Gasteiger partial charge on any atom is -0.397 e. The lowest BCUT2D eigenvalue weighted by Crippen LogP contribution is -2.46. The van der Waals surface area contributed by atoms with E-state index < -0.39 is 0 Å². The van der Waals surface area contributed by atoms with Crippen molar-refractivity contribution in [1.29, 1.82) is 5.26 Å². The second kappa shape index (κ2) is 5.62. The SMILES string of the molecule is N#Cc1sc(N2CCN(c3ccccc3F)CC2)cc1N. The topological polar surface area (TPSA) is 56.3 Å². The van der Waals surface area contributed by atoms with Crippen LogP contribution in [0.5, 0.6) is 0 Å². The fourth-order valence-corrected chi connectivity index (χ4v) is 3.44. The number of rotatable bonds is 2. The summed E-state index contributed by atoms with van der Waals surface area (Å²) in [6.07, 6.45) is 0. The van der Waals surface area contributed by atoms with Crippen LogP contribution >= 0.6 is 11.3 Å². The zero-order chi connectivity index (χ0) is 14.8. The van der Waals surface area contributed by atoms with Gasteiger partial charge in [-0.3, -0.25) is 0 Å². The second-order valence-electron chi connectivity index (χ2n) is 4.91. The van der Waals surface area contributed by atoms with Gasteiger partial charge in [-0.1, -0.05) is 12.1 Å². The number of hydrogen-bond acceptors (Lipinski definition) is 5. The number of nitriles is 1. The Morgan fingerprint density at radius 3 is 2.43 bits per heavy atom. The summed E-state index contributed by atoms with van der Waals surface area (Å²) in [5.41, 5.74) is 6.99.